The Morgan fingerprint density at radius 2 is 2.04 bits per heavy atom. The fourth-order valence-corrected chi connectivity index (χ4v) is 2.77. The molecular formula is C16H15F3N4O4. The number of carbonyl (C=O) groups excluding carboxylic acids is 3. The molecular weight excluding hydrogens is 369 g/mol. The predicted octanol–water partition coefficient (Wildman–Crippen LogP) is 1.54. The number of imide groups is 1. The smallest absolute Gasteiger partial charge is 0.449 e. The number of imidazole rings is 1. The van der Waals surface area contributed by atoms with Crippen molar-refractivity contribution in [1.82, 2.24) is 19.8 Å². The molecule has 1 aliphatic rings. The number of ether oxygens (including phenoxy) is 1. The van der Waals surface area contributed by atoms with Gasteiger partial charge < -0.3 is 14.6 Å². The number of para-hydroxylation sites is 2. The van der Waals surface area contributed by atoms with E-state index in [4.69, 9.17) is 4.74 Å². The van der Waals surface area contributed by atoms with Crippen LogP contribution < -0.4 is 5.32 Å². The Bertz CT molecular complexity index is 909. The average molecular weight is 384 g/mol. The third-order valence-corrected chi connectivity index (χ3v) is 3.97. The van der Waals surface area contributed by atoms with Gasteiger partial charge in [0.25, 0.3) is 5.91 Å². The second kappa shape index (κ2) is 6.89. The zero-order valence-electron chi connectivity index (χ0n) is 14.1. The predicted molar refractivity (Wildman–Crippen MR) is 85.4 cm³/mol. The van der Waals surface area contributed by atoms with Crippen LogP contribution in [0.1, 0.15) is 12.7 Å². The van der Waals surface area contributed by atoms with Crippen LogP contribution in [0, 0.1) is 0 Å². The Balaban J connectivity index is 1.78. The topological polar surface area (TPSA) is 93.5 Å². The van der Waals surface area contributed by atoms with E-state index in [1.807, 2.05) is 0 Å². The molecule has 2 heterocycles. The van der Waals surface area contributed by atoms with Gasteiger partial charge in [0.2, 0.25) is 5.82 Å². The lowest BCUT2D eigenvalue weighted by Gasteiger charge is -2.18. The number of amides is 3. The highest BCUT2D eigenvalue weighted by Gasteiger charge is 2.38. The third-order valence-electron chi connectivity index (χ3n) is 3.97. The van der Waals surface area contributed by atoms with Crippen molar-refractivity contribution in [2.45, 2.75) is 25.7 Å². The Labute approximate surface area is 150 Å². The number of fused-ring (bicyclic) bond motifs is 1. The number of esters is 1. The highest BCUT2D eigenvalue weighted by molar-refractivity contribution is 5.98. The standard InChI is InChI=1S/C16H15F3N4O4/c1-9(13(25)22-7-6-20-15(22)26)27-12(24)8-23-11-5-3-2-4-10(11)21-14(23)16(17,18)19/h2-5,9H,6-8H2,1H3,(H,20,26)/t9-/m0/s1. The maximum atomic E-state index is 13.2. The van der Waals surface area contributed by atoms with E-state index in [1.165, 1.54) is 31.2 Å². The molecule has 144 valence electrons. The van der Waals surface area contributed by atoms with E-state index in [1.54, 1.807) is 0 Å². The molecule has 1 N–H and O–H groups in total. The number of hydrogen-bond donors (Lipinski definition) is 1. The number of nitrogens with zero attached hydrogens (tertiary/aromatic N) is 3. The minimum Gasteiger partial charge on any atom is -0.451 e. The lowest BCUT2D eigenvalue weighted by molar-refractivity contribution is -0.159. The van der Waals surface area contributed by atoms with Gasteiger partial charge >= 0.3 is 18.2 Å². The molecule has 0 aliphatic carbocycles. The Morgan fingerprint density at radius 3 is 2.67 bits per heavy atom. The summed E-state index contributed by atoms with van der Waals surface area (Å²) in [6.07, 6.45) is -6.08. The summed E-state index contributed by atoms with van der Waals surface area (Å²) in [7, 11) is 0. The van der Waals surface area contributed by atoms with E-state index in [2.05, 4.69) is 10.3 Å². The quantitative estimate of drug-likeness (QED) is 0.807. The second-order valence-corrected chi connectivity index (χ2v) is 5.86. The van der Waals surface area contributed by atoms with Crippen LogP contribution in [0.25, 0.3) is 11.0 Å². The molecule has 1 aromatic carbocycles. The van der Waals surface area contributed by atoms with Crippen molar-refractivity contribution in [3.63, 3.8) is 0 Å². The van der Waals surface area contributed by atoms with E-state index < -0.39 is 42.6 Å². The van der Waals surface area contributed by atoms with Crippen molar-refractivity contribution in [3.05, 3.63) is 30.1 Å². The van der Waals surface area contributed by atoms with Crippen molar-refractivity contribution in [2.75, 3.05) is 13.1 Å². The molecule has 3 rings (SSSR count). The van der Waals surface area contributed by atoms with Gasteiger partial charge in [-0.3, -0.25) is 14.5 Å². The summed E-state index contributed by atoms with van der Waals surface area (Å²) in [4.78, 5) is 40.1. The van der Waals surface area contributed by atoms with Crippen molar-refractivity contribution in [2.24, 2.45) is 0 Å². The van der Waals surface area contributed by atoms with Gasteiger partial charge in [0, 0.05) is 13.1 Å². The molecule has 0 bridgehead atoms. The van der Waals surface area contributed by atoms with E-state index in [0.717, 1.165) is 4.90 Å². The van der Waals surface area contributed by atoms with Gasteiger partial charge in [-0.2, -0.15) is 13.2 Å². The van der Waals surface area contributed by atoms with Gasteiger partial charge in [0.05, 0.1) is 11.0 Å². The highest BCUT2D eigenvalue weighted by atomic mass is 19.4. The SMILES string of the molecule is C[C@H](OC(=O)Cn1c(C(F)(F)F)nc2ccccc21)C(=O)N1CCNC1=O. The Hall–Kier alpha value is -3.11. The number of rotatable bonds is 4. The van der Waals surface area contributed by atoms with E-state index in [-0.39, 0.29) is 24.1 Å². The zero-order valence-corrected chi connectivity index (χ0v) is 14.1. The second-order valence-electron chi connectivity index (χ2n) is 5.86. The van der Waals surface area contributed by atoms with Crippen LogP contribution >= 0.6 is 0 Å². The normalized spacial score (nSPS) is 15.7. The van der Waals surface area contributed by atoms with Crippen LogP contribution in [-0.4, -0.2) is 51.6 Å². The number of halogens is 3. The number of benzene rings is 1. The van der Waals surface area contributed by atoms with E-state index in [9.17, 15) is 27.6 Å². The first-order chi connectivity index (χ1) is 12.7. The average Bonchev–Trinajstić information content (AvgIpc) is 3.18. The molecule has 3 amide bonds. The minimum absolute atomic E-state index is 0.0792. The summed E-state index contributed by atoms with van der Waals surface area (Å²) in [5, 5.41) is 2.43. The van der Waals surface area contributed by atoms with Gasteiger partial charge in [-0.05, 0) is 19.1 Å². The maximum absolute atomic E-state index is 13.2. The number of hydrogen-bond acceptors (Lipinski definition) is 5. The first-order valence-electron chi connectivity index (χ1n) is 7.99. The van der Waals surface area contributed by atoms with Gasteiger partial charge in [-0.15, -0.1) is 0 Å². The molecule has 27 heavy (non-hydrogen) atoms. The van der Waals surface area contributed by atoms with Crippen LogP contribution in [0.5, 0.6) is 0 Å². The number of urea groups is 1. The monoisotopic (exact) mass is 384 g/mol. The molecule has 0 saturated carbocycles. The fourth-order valence-electron chi connectivity index (χ4n) is 2.77. The molecule has 2 aromatic rings. The third kappa shape index (κ3) is 3.71. The molecule has 1 aromatic heterocycles. The van der Waals surface area contributed by atoms with Crippen molar-refractivity contribution in [3.8, 4) is 0 Å². The summed E-state index contributed by atoms with van der Waals surface area (Å²) in [5.41, 5.74) is 0.190. The summed E-state index contributed by atoms with van der Waals surface area (Å²) in [6.45, 7) is 0.882. The number of alkyl halides is 3. The zero-order chi connectivity index (χ0) is 19.8. The fraction of sp³-hybridized carbons (Fsp3) is 0.375. The highest BCUT2D eigenvalue weighted by Crippen LogP contribution is 2.31. The Morgan fingerprint density at radius 1 is 1.33 bits per heavy atom. The van der Waals surface area contributed by atoms with E-state index in [0.29, 0.717) is 4.57 Å². The van der Waals surface area contributed by atoms with E-state index >= 15 is 0 Å². The summed E-state index contributed by atoms with van der Waals surface area (Å²) in [5.74, 6) is -3.03. The number of carbonyl (C=O) groups is 3. The molecule has 1 atom stereocenters. The molecule has 8 nitrogen and oxygen atoms in total. The lowest BCUT2D eigenvalue weighted by atomic mass is 10.3. The molecule has 0 spiro atoms. The molecule has 0 unspecified atom stereocenters. The summed E-state index contributed by atoms with van der Waals surface area (Å²) in [6, 6.07) is 5.23. The number of aromatic nitrogens is 2. The maximum Gasteiger partial charge on any atom is 0.449 e. The number of nitrogens with one attached hydrogen (secondary N) is 1. The van der Waals surface area contributed by atoms with Crippen molar-refractivity contribution in [1.29, 1.82) is 0 Å². The van der Waals surface area contributed by atoms with Gasteiger partial charge in [-0.25, -0.2) is 9.78 Å². The van der Waals surface area contributed by atoms with Crippen molar-refractivity contribution >= 4 is 28.9 Å². The summed E-state index contributed by atoms with van der Waals surface area (Å²) >= 11 is 0. The molecule has 1 fully saturated rings. The van der Waals surface area contributed by atoms with Crippen LogP contribution in [0.3, 0.4) is 0 Å². The summed E-state index contributed by atoms with van der Waals surface area (Å²) < 4.78 is 45.3. The Kier molecular flexibility index (Phi) is 4.77. The van der Waals surface area contributed by atoms with Crippen LogP contribution in [0.2, 0.25) is 0 Å². The van der Waals surface area contributed by atoms with Crippen LogP contribution in [0.15, 0.2) is 24.3 Å². The van der Waals surface area contributed by atoms with Crippen LogP contribution in [-0.2, 0) is 27.0 Å². The van der Waals surface area contributed by atoms with Gasteiger partial charge in [0.1, 0.15) is 6.54 Å². The van der Waals surface area contributed by atoms with Crippen molar-refractivity contribution < 1.29 is 32.3 Å². The molecule has 1 saturated heterocycles. The van der Waals surface area contributed by atoms with Crippen LogP contribution in [0.4, 0.5) is 18.0 Å². The first kappa shape index (κ1) is 18.7. The molecule has 1 aliphatic heterocycles. The molecule has 11 heteroatoms. The largest absolute Gasteiger partial charge is 0.451 e. The van der Waals surface area contributed by atoms with Gasteiger partial charge in [0.15, 0.2) is 6.10 Å². The molecule has 0 radical (unpaired) electrons. The lowest BCUT2D eigenvalue weighted by Crippen LogP contribution is -2.42. The first-order valence-corrected chi connectivity index (χ1v) is 7.99. The van der Waals surface area contributed by atoms with Gasteiger partial charge in [-0.1, -0.05) is 12.1 Å². The minimum atomic E-state index is -4.77.